The largest absolute Gasteiger partial charge is 0.477 e. The molecule has 27 heavy (non-hydrogen) atoms. The normalized spacial score (nSPS) is 11.4. The van der Waals surface area contributed by atoms with Crippen LogP contribution < -0.4 is 4.31 Å². The van der Waals surface area contributed by atoms with Gasteiger partial charge >= 0.3 is 5.97 Å². The van der Waals surface area contributed by atoms with Crippen LogP contribution in [0.15, 0.2) is 58.8 Å². The maximum absolute atomic E-state index is 13.4. The summed E-state index contributed by atoms with van der Waals surface area (Å²) in [7, 11) is -2.63. The van der Waals surface area contributed by atoms with Crippen molar-refractivity contribution in [2.45, 2.75) is 18.7 Å². The van der Waals surface area contributed by atoms with Crippen LogP contribution in [0.4, 0.5) is 5.69 Å². The molecule has 7 heteroatoms. The molecular weight excluding hydrogens is 382 g/mol. The Kier molecular flexibility index (Phi) is 5.08. The SMILES string of the molecule is Cc1ccc(N(C)S(=O)(=O)c2c(-c3ccccc3)csc2C(=O)O)cc1C. The number of nitrogens with zero attached hydrogens (tertiary/aromatic N) is 1. The van der Waals surface area contributed by atoms with Crippen LogP contribution in [-0.4, -0.2) is 26.5 Å². The summed E-state index contributed by atoms with van der Waals surface area (Å²) >= 11 is 0.919. The van der Waals surface area contributed by atoms with Gasteiger partial charge in [-0.1, -0.05) is 36.4 Å². The van der Waals surface area contributed by atoms with Crippen LogP contribution in [0.3, 0.4) is 0 Å². The molecule has 1 aromatic heterocycles. The second-order valence-electron chi connectivity index (χ2n) is 6.22. The van der Waals surface area contributed by atoms with Crippen molar-refractivity contribution in [2.24, 2.45) is 0 Å². The minimum absolute atomic E-state index is 0.174. The number of carbonyl (C=O) groups is 1. The van der Waals surface area contributed by atoms with Gasteiger partial charge in [-0.25, -0.2) is 13.2 Å². The highest BCUT2D eigenvalue weighted by Gasteiger charge is 2.32. The molecule has 2 aromatic carbocycles. The molecule has 0 aliphatic rings. The molecule has 0 amide bonds. The first kappa shape index (κ1) is 19.1. The molecule has 0 spiro atoms. The average molecular weight is 402 g/mol. The van der Waals surface area contributed by atoms with Crippen LogP contribution in [-0.2, 0) is 10.0 Å². The number of aromatic carboxylic acids is 1. The first-order chi connectivity index (χ1) is 12.7. The van der Waals surface area contributed by atoms with Gasteiger partial charge in [0.2, 0.25) is 0 Å². The number of thiophene rings is 1. The van der Waals surface area contributed by atoms with Gasteiger partial charge in [-0.3, -0.25) is 4.31 Å². The van der Waals surface area contributed by atoms with Gasteiger partial charge in [0.1, 0.15) is 9.77 Å². The molecular formula is C20H19NO4S2. The number of benzene rings is 2. The van der Waals surface area contributed by atoms with E-state index in [9.17, 15) is 18.3 Å². The van der Waals surface area contributed by atoms with Gasteiger partial charge < -0.3 is 5.11 Å². The predicted octanol–water partition coefficient (Wildman–Crippen LogP) is 4.56. The number of carboxylic acids is 1. The first-order valence-corrected chi connectivity index (χ1v) is 10.5. The highest BCUT2D eigenvalue weighted by atomic mass is 32.2. The van der Waals surface area contributed by atoms with Crippen LogP contribution in [0.1, 0.15) is 20.8 Å². The molecule has 1 heterocycles. The molecule has 0 fully saturated rings. The smallest absolute Gasteiger partial charge is 0.347 e. The predicted molar refractivity (Wildman–Crippen MR) is 108 cm³/mol. The van der Waals surface area contributed by atoms with Gasteiger partial charge in [0.15, 0.2) is 0 Å². The topological polar surface area (TPSA) is 74.7 Å². The third kappa shape index (κ3) is 3.48. The Morgan fingerprint density at radius 1 is 1.04 bits per heavy atom. The molecule has 0 saturated heterocycles. The Balaban J connectivity index is 2.20. The zero-order chi connectivity index (χ0) is 19.8. The fourth-order valence-corrected chi connectivity index (χ4v) is 5.55. The maximum atomic E-state index is 13.4. The van der Waals surface area contributed by atoms with Crippen LogP contribution in [0.25, 0.3) is 11.1 Å². The zero-order valence-corrected chi connectivity index (χ0v) is 16.8. The van der Waals surface area contributed by atoms with Crippen molar-refractivity contribution in [3.8, 4) is 11.1 Å². The van der Waals surface area contributed by atoms with E-state index in [1.165, 1.54) is 7.05 Å². The lowest BCUT2D eigenvalue weighted by atomic mass is 10.1. The quantitative estimate of drug-likeness (QED) is 0.680. The summed E-state index contributed by atoms with van der Waals surface area (Å²) in [6.07, 6.45) is 0. The number of hydrogen-bond acceptors (Lipinski definition) is 4. The lowest BCUT2D eigenvalue weighted by Crippen LogP contribution is -2.28. The Morgan fingerprint density at radius 3 is 2.30 bits per heavy atom. The van der Waals surface area contributed by atoms with E-state index in [0.717, 1.165) is 26.8 Å². The Labute approximate surface area is 162 Å². The molecule has 0 radical (unpaired) electrons. The van der Waals surface area contributed by atoms with Crippen molar-refractivity contribution >= 4 is 33.0 Å². The summed E-state index contributed by atoms with van der Waals surface area (Å²) in [6, 6.07) is 14.3. The molecule has 140 valence electrons. The van der Waals surface area contributed by atoms with E-state index in [2.05, 4.69) is 0 Å². The van der Waals surface area contributed by atoms with E-state index in [0.29, 0.717) is 16.8 Å². The number of rotatable bonds is 5. The van der Waals surface area contributed by atoms with Crippen LogP contribution in [0.2, 0.25) is 0 Å². The minimum atomic E-state index is -4.07. The van der Waals surface area contributed by atoms with Crippen molar-refractivity contribution in [2.75, 3.05) is 11.4 Å². The lowest BCUT2D eigenvalue weighted by molar-refractivity contribution is 0.0698. The van der Waals surface area contributed by atoms with Gasteiger partial charge in [0.25, 0.3) is 10.0 Å². The monoisotopic (exact) mass is 401 g/mol. The van der Waals surface area contributed by atoms with Gasteiger partial charge in [-0.15, -0.1) is 11.3 Å². The molecule has 3 rings (SSSR count). The second-order valence-corrected chi connectivity index (χ2v) is 9.01. The first-order valence-electron chi connectivity index (χ1n) is 8.20. The highest BCUT2D eigenvalue weighted by Crippen LogP contribution is 2.38. The van der Waals surface area contributed by atoms with Crippen molar-refractivity contribution in [1.29, 1.82) is 0 Å². The molecule has 0 aliphatic carbocycles. The lowest BCUT2D eigenvalue weighted by Gasteiger charge is -2.21. The van der Waals surface area contributed by atoms with Crippen molar-refractivity contribution in [3.63, 3.8) is 0 Å². The zero-order valence-electron chi connectivity index (χ0n) is 15.1. The summed E-state index contributed by atoms with van der Waals surface area (Å²) in [6.45, 7) is 3.85. The molecule has 1 N–H and O–H groups in total. The van der Waals surface area contributed by atoms with E-state index in [1.54, 1.807) is 41.8 Å². The third-order valence-corrected chi connectivity index (χ3v) is 7.47. The molecule has 0 unspecified atom stereocenters. The maximum Gasteiger partial charge on any atom is 0.347 e. The summed E-state index contributed by atoms with van der Waals surface area (Å²) in [5.41, 5.74) is 3.56. The van der Waals surface area contributed by atoms with E-state index in [1.807, 2.05) is 26.0 Å². The molecule has 0 bridgehead atoms. The third-order valence-electron chi connectivity index (χ3n) is 4.50. The number of aryl methyl sites for hydroxylation is 2. The van der Waals surface area contributed by atoms with Crippen LogP contribution >= 0.6 is 11.3 Å². The number of hydrogen-bond donors (Lipinski definition) is 1. The minimum Gasteiger partial charge on any atom is -0.477 e. The van der Waals surface area contributed by atoms with E-state index in [4.69, 9.17) is 0 Å². The van der Waals surface area contributed by atoms with Gasteiger partial charge in [-0.05, 0) is 42.7 Å². The molecule has 0 aliphatic heterocycles. The molecule has 0 saturated carbocycles. The number of carboxylic acid groups (broad SMARTS) is 1. The summed E-state index contributed by atoms with van der Waals surface area (Å²) in [4.78, 5) is 11.3. The second kappa shape index (κ2) is 7.17. The molecule has 5 nitrogen and oxygen atoms in total. The summed E-state index contributed by atoms with van der Waals surface area (Å²) in [5, 5.41) is 11.1. The summed E-state index contributed by atoms with van der Waals surface area (Å²) < 4.78 is 27.9. The highest BCUT2D eigenvalue weighted by molar-refractivity contribution is 7.93. The standard InChI is InChI=1S/C20H19NO4S2/c1-13-9-10-16(11-14(13)2)21(3)27(24,25)19-17(12-26-18(19)20(22)23)15-7-5-4-6-8-15/h4-12H,1-3H3,(H,22,23). The molecule has 0 atom stereocenters. The number of sulfonamides is 1. The number of anilines is 1. The van der Waals surface area contributed by atoms with Crippen molar-refractivity contribution < 1.29 is 18.3 Å². The van der Waals surface area contributed by atoms with Gasteiger partial charge in [0, 0.05) is 18.0 Å². The molecule has 3 aromatic rings. The Hall–Kier alpha value is -2.64. The summed E-state index contributed by atoms with van der Waals surface area (Å²) in [5.74, 6) is -1.26. The Morgan fingerprint density at radius 2 is 1.70 bits per heavy atom. The van der Waals surface area contributed by atoms with Crippen LogP contribution in [0.5, 0.6) is 0 Å². The van der Waals surface area contributed by atoms with E-state index < -0.39 is 16.0 Å². The average Bonchev–Trinajstić information content (AvgIpc) is 3.10. The van der Waals surface area contributed by atoms with Crippen molar-refractivity contribution in [3.05, 3.63) is 69.9 Å². The Bertz CT molecular complexity index is 1100. The fraction of sp³-hybridized carbons (Fsp3) is 0.150. The fourth-order valence-electron chi connectivity index (χ4n) is 2.76. The van der Waals surface area contributed by atoms with Crippen LogP contribution in [0, 0.1) is 13.8 Å². The van der Waals surface area contributed by atoms with Gasteiger partial charge in [0.05, 0.1) is 5.69 Å². The van der Waals surface area contributed by atoms with Crippen molar-refractivity contribution in [1.82, 2.24) is 0 Å². The van der Waals surface area contributed by atoms with Gasteiger partial charge in [-0.2, -0.15) is 0 Å². The van der Waals surface area contributed by atoms with E-state index in [-0.39, 0.29) is 9.77 Å². The van der Waals surface area contributed by atoms with E-state index >= 15 is 0 Å².